The number of H-pyrrole nitrogens is 1. The Morgan fingerprint density at radius 3 is 2.84 bits per heavy atom. The molecule has 2 rings (SSSR count). The third-order valence-electron chi connectivity index (χ3n) is 3.60. The molecule has 0 aromatic carbocycles. The topological polar surface area (TPSA) is 56.4 Å². The van der Waals surface area contributed by atoms with Crippen molar-refractivity contribution in [3.05, 3.63) is 33.7 Å². The number of likely N-dealkylation sites (N-methyl/N-ethyl adjacent to an activating group) is 1. The van der Waals surface area contributed by atoms with Crippen molar-refractivity contribution in [2.75, 3.05) is 26.7 Å². The highest BCUT2D eigenvalue weighted by Crippen LogP contribution is 2.11. The van der Waals surface area contributed by atoms with Crippen molar-refractivity contribution in [1.82, 2.24) is 14.8 Å². The predicted molar refractivity (Wildman–Crippen MR) is 74.4 cm³/mol. The SMILES string of the molecule is Cc1cc(=O)c(C(=O)N2CCCN(C)CC2C)c[nH]1. The second-order valence-electron chi connectivity index (χ2n) is 5.36. The van der Waals surface area contributed by atoms with Crippen molar-refractivity contribution >= 4 is 5.91 Å². The molecule has 0 spiro atoms. The van der Waals surface area contributed by atoms with Crippen LogP contribution in [0.1, 0.15) is 29.4 Å². The maximum atomic E-state index is 12.5. The van der Waals surface area contributed by atoms with Crippen LogP contribution in [0.25, 0.3) is 0 Å². The van der Waals surface area contributed by atoms with E-state index in [1.807, 2.05) is 11.8 Å². The Kier molecular flexibility index (Phi) is 4.04. The number of aryl methyl sites for hydroxylation is 1. The van der Waals surface area contributed by atoms with Crippen LogP contribution in [0.4, 0.5) is 0 Å². The van der Waals surface area contributed by atoms with Gasteiger partial charge in [-0.2, -0.15) is 0 Å². The number of nitrogens with one attached hydrogen (secondary N) is 1. The van der Waals surface area contributed by atoms with Gasteiger partial charge in [-0.15, -0.1) is 0 Å². The number of nitrogens with zero attached hydrogens (tertiary/aromatic N) is 2. The molecule has 1 amide bonds. The normalized spacial score (nSPS) is 21.2. The largest absolute Gasteiger partial charge is 0.364 e. The minimum Gasteiger partial charge on any atom is -0.364 e. The first-order valence-corrected chi connectivity index (χ1v) is 6.68. The van der Waals surface area contributed by atoms with E-state index >= 15 is 0 Å². The van der Waals surface area contributed by atoms with Crippen LogP contribution in [-0.4, -0.2) is 53.4 Å². The summed E-state index contributed by atoms with van der Waals surface area (Å²) in [7, 11) is 2.06. The average molecular weight is 263 g/mol. The molecule has 1 N–H and O–H groups in total. The Labute approximate surface area is 113 Å². The average Bonchev–Trinajstić information content (AvgIpc) is 2.49. The Balaban J connectivity index is 2.25. The lowest BCUT2D eigenvalue weighted by Crippen LogP contribution is -2.43. The standard InChI is InChI=1S/C14H21N3O2/c1-10-7-13(18)12(8-15-10)14(19)17-6-4-5-16(3)9-11(17)2/h7-8,11H,4-6,9H2,1-3H3,(H,15,18). The second-order valence-corrected chi connectivity index (χ2v) is 5.36. The molecule has 1 aliphatic heterocycles. The van der Waals surface area contributed by atoms with Crippen molar-refractivity contribution in [1.29, 1.82) is 0 Å². The molecule has 0 radical (unpaired) electrons. The summed E-state index contributed by atoms with van der Waals surface area (Å²) < 4.78 is 0. The number of hydrogen-bond donors (Lipinski definition) is 1. The fraction of sp³-hybridized carbons (Fsp3) is 0.571. The first-order valence-electron chi connectivity index (χ1n) is 6.68. The van der Waals surface area contributed by atoms with Gasteiger partial charge < -0.3 is 14.8 Å². The van der Waals surface area contributed by atoms with Gasteiger partial charge in [0.1, 0.15) is 5.56 Å². The summed E-state index contributed by atoms with van der Waals surface area (Å²) in [5.41, 5.74) is 0.804. The van der Waals surface area contributed by atoms with Gasteiger partial charge in [0.25, 0.3) is 5.91 Å². The van der Waals surface area contributed by atoms with Crippen LogP contribution >= 0.6 is 0 Å². The van der Waals surface area contributed by atoms with E-state index in [0.29, 0.717) is 6.54 Å². The number of aromatic amines is 1. The van der Waals surface area contributed by atoms with E-state index in [0.717, 1.165) is 25.2 Å². The molecule has 0 saturated carbocycles. The summed E-state index contributed by atoms with van der Waals surface area (Å²) in [6.45, 7) is 6.37. The van der Waals surface area contributed by atoms with Crippen molar-refractivity contribution in [2.45, 2.75) is 26.3 Å². The van der Waals surface area contributed by atoms with Gasteiger partial charge in [-0.05, 0) is 33.9 Å². The highest BCUT2D eigenvalue weighted by Gasteiger charge is 2.26. The van der Waals surface area contributed by atoms with E-state index < -0.39 is 0 Å². The molecular formula is C14H21N3O2. The van der Waals surface area contributed by atoms with Crippen molar-refractivity contribution in [3.63, 3.8) is 0 Å². The number of carbonyl (C=O) groups excluding carboxylic acids is 1. The van der Waals surface area contributed by atoms with Gasteiger partial charge in [0, 0.05) is 37.1 Å². The van der Waals surface area contributed by atoms with E-state index in [4.69, 9.17) is 0 Å². The fourth-order valence-electron chi connectivity index (χ4n) is 2.57. The van der Waals surface area contributed by atoms with Crippen LogP contribution in [0.3, 0.4) is 0 Å². The van der Waals surface area contributed by atoms with Crippen LogP contribution < -0.4 is 5.43 Å². The molecule has 1 aromatic rings. The molecule has 0 bridgehead atoms. The van der Waals surface area contributed by atoms with Crippen LogP contribution in [0.2, 0.25) is 0 Å². The van der Waals surface area contributed by atoms with E-state index in [1.54, 1.807) is 6.92 Å². The van der Waals surface area contributed by atoms with Crippen LogP contribution in [0.15, 0.2) is 17.1 Å². The summed E-state index contributed by atoms with van der Waals surface area (Å²) in [6.07, 6.45) is 2.47. The zero-order valence-electron chi connectivity index (χ0n) is 11.8. The lowest BCUT2D eigenvalue weighted by Gasteiger charge is -2.27. The second kappa shape index (κ2) is 5.57. The molecule has 1 atom stereocenters. The Hall–Kier alpha value is -1.62. The van der Waals surface area contributed by atoms with Gasteiger partial charge in [0.2, 0.25) is 0 Å². The quantitative estimate of drug-likeness (QED) is 0.817. The number of carbonyl (C=O) groups is 1. The summed E-state index contributed by atoms with van der Waals surface area (Å²) in [5, 5.41) is 0. The Bertz CT molecular complexity index is 524. The van der Waals surface area contributed by atoms with Crippen LogP contribution in [0, 0.1) is 6.92 Å². The Morgan fingerprint density at radius 2 is 2.16 bits per heavy atom. The van der Waals surface area contributed by atoms with E-state index in [9.17, 15) is 9.59 Å². The van der Waals surface area contributed by atoms with E-state index in [-0.39, 0.29) is 22.9 Å². The molecule has 1 fully saturated rings. The zero-order valence-corrected chi connectivity index (χ0v) is 11.8. The van der Waals surface area contributed by atoms with Gasteiger partial charge in [-0.25, -0.2) is 0 Å². The monoisotopic (exact) mass is 263 g/mol. The molecular weight excluding hydrogens is 242 g/mol. The molecule has 5 nitrogen and oxygen atoms in total. The van der Waals surface area contributed by atoms with Crippen LogP contribution in [-0.2, 0) is 0 Å². The molecule has 0 aliphatic carbocycles. The lowest BCUT2D eigenvalue weighted by atomic mass is 10.2. The minimum atomic E-state index is -0.203. The third kappa shape index (κ3) is 3.04. The van der Waals surface area contributed by atoms with E-state index in [1.165, 1.54) is 12.3 Å². The highest BCUT2D eigenvalue weighted by atomic mass is 16.2. The first kappa shape index (κ1) is 13.8. The Morgan fingerprint density at radius 1 is 1.42 bits per heavy atom. The summed E-state index contributed by atoms with van der Waals surface area (Å²) in [5.74, 6) is -0.163. The van der Waals surface area contributed by atoms with Crippen molar-refractivity contribution in [3.8, 4) is 0 Å². The molecule has 5 heteroatoms. The fourth-order valence-corrected chi connectivity index (χ4v) is 2.57. The van der Waals surface area contributed by atoms with Gasteiger partial charge in [-0.1, -0.05) is 0 Å². The van der Waals surface area contributed by atoms with Gasteiger partial charge in [0.05, 0.1) is 0 Å². The minimum absolute atomic E-state index is 0.126. The van der Waals surface area contributed by atoms with Gasteiger partial charge in [0.15, 0.2) is 5.43 Å². The van der Waals surface area contributed by atoms with Gasteiger partial charge in [-0.3, -0.25) is 9.59 Å². The van der Waals surface area contributed by atoms with Crippen molar-refractivity contribution in [2.24, 2.45) is 0 Å². The number of amides is 1. The number of aromatic nitrogens is 1. The smallest absolute Gasteiger partial charge is 0.259 e. The molecule has 1 saturated heterocycles. The number of hydrogen-bond acceptors (Lipinski definition) is 3. The van der Waals surface area contributed by atoms with Crippen molar-refractivity contribution < 1.29 is 4.79 Å². The molecule has 1 unspecified atom stereocenters. The predicted octanol–water partition coefficient (Wildman–Crippen LogP) is 0.850. The third-order valence-corrected chi connectivity index (χ3v) is 3.60. The number of rotatable bonds is 1. The molecule has 19 heavy (non-hydrogen) atoms. The summed E-state index contributed by atoms with van der Waals surface area (Å²) in [6, 6.07) is 1.60. The molecule has 2 heterocycles. The van der Waals surface area contributed by atoms with Crippen LogP contribution in [0.5, 0.6) is 0 Å². The highest BCUT2D eigenvalue weighted by molar-refractivity contribution is 5.94. The molecule has 104 valence electrons. The van der Waals surface area contributed by atoms with E-state index in [2.05, 4.69) is 16.9 Å². The molecule has 1 aliphatic rings. The lowest BCUT2D eigenvalue weighted by molar-refractivity contribution is 0.0695. The summed E-state index contributed by atoms with van der Waals surface area (Å²) >= 11 is 0. The number of pyridine rings is 1. The maximum Gasteiger partial charge on any atom is 0.259 e. The maximum absolute atomic E-state index is 12.5. The molecule has 1 aromatic heterocycles. The first-order chi connectivity index (χ1) is 8.99. The van der Waals surface area contributed by atoms with Gasteiger partial charge >= 0.3 is 0 Å². The summed E-state index contributed by atoms with van der Waals surface area (Å²) in [4.78, 5) is 31.4. The zero-order chi connectivity index (χ0) is 14.0.